The van der Waals surface area contributed by atoms with Crippen molar-refractivity contribution in [3.63, 3.8) is 0 Å². The minimum Gasteiger partial charge on any atom is -0.354 e. The number of hydrogen-bond donors (Lipinski definition) is 1. The molecule has 0 radical (unpaired) electrons. The van der Waals surface area contributed by atoms with E-state index in [1.54, 1.807) is 7.05 Å². The van der Waals surface area contributed by atoms with Gasteiger partial charge in [0.25, 0.3) is 5.91 Å². The maximum Gasteiger partial charge on any atom is 0.267 e. The van der Waals surface area contributed by atoms with Crippen molar-refractivity contribution in [2.45, 2.75) is 32.9 Å². The molecule has 0 atom stereocenters. The van der Waals surface area contributed by atoms with Gasteiger partial charge in [-0.2, -0.15) is 0 Å². The Kier molecular flexibility index (Phi) is 5.16. The highest BCUT2D eigenvalue weighted by atomic mass is 35.5. The molecule has 1 aliphatic heterocycles. The van der Waals surface area contributed by atoms with Crippen LogP contribution in [-0.2, 0) is 13.1 Å². The summed E-state index contributed by atoms with van der Waals surface area (Å²) in [6, 6.07) is 12.1. The molecule has 0 aliphatic carbocycles. The van der Waals surface area contributed by atoms with Gasteiger partial charge in [0.2, 0.25) is 0 Å². The maximum absolute atomic E-state index is 12.7. The molecule has 1 amide bonds. The number of aryl methyl sites for hydroxylation is 1. The zero-order valence-electron chi connectivity index (χ0n) is 17.7. The topological polar surface area (TPSA) is 67.5 Å². The molecular weight excluding hydrogens is 412 g/mol. The molecule has 1 saturated heterocycles. The fourth-order valence-corrected chi connectivity index (χ4v) is 4.89. The number of rotatable bonds is 5. The normalized spacial score (nSPS) is 14.7. The summed E-state index contributed by atoms with van der Waals surface area (Å²) in [7, 11) is 1.65. The Morgan fingerprint density at radius 1 is 1.03 bits per heavy atom. The summed E-state index contributed by atoms with van der Waals surface area (Å²) in [5, 5.41) is 11.9. The van der Waals surface area contributed by atoms with Crippen LogP contribution in [0.5, 0.6) is 0 Å². The quantitative estimate of drug-likeness (QED) is 0.518. The van der Waals surface area contributed by atoms with E-state index >= 15 is 0 Å². The van der Waals surface area contributed by atoms with Crippen LogP contribution in [0.1, 0.15) is 40.3 Å². The largest absolute Gasteiger partial charge is 0.354 e. The lowest BCUT2D eigenvalue weighted by Crippen LogP contribution is -2.22. The van der Waals surface area contributed by atoms with Crippen molar-refractivity contribution in [3.05, 3.63) is 64.1 Å². The number of pyridine rings is 1. The predicted molar refractivity (Wildman–Crippen MR) is 122 cm³/mol. The van der Waals surface area contributed by atoms with Crippen LogP contribution >= 0.6 is 11.6 Å². The molecule has 7 nitrogen and oxygen atoms in total. The average molecular weight is 437 g/mol. The number of carbonyl (C=O) groups excluding carboxylic acids is 1. The molecule has 3 aromatic heterocycles. The number of halogens is 1. The van der Waals surface area contributed by atoms with Crippen LogP contribution in [0.2, 0.25) is 5.02 Å². The van der Waals surface area contributed by atoms with Gasteiger partial charge in [0.15, 0.2) is 5.65 Å². The molecule has 1 N–H and O–H groups in total. The molecule has 31 heavy (non-hydrogen) atoms. The van der Waals surface area contributed by atoms with E-state index in [1.165, 1.54) is 18.4 Å². The van der Waals surface area contributed by atoms with Crippen molar-refractivity contribution in [1.29, 1.82) is 0 Å². The number of fused-ring (bicyclic) bond motifs is 3. The molecule has 1 fully saturated rings. The Morgan fingerprint density at radius 2 is 1.77 bits per heavy atom. The third-order valence-electron chi connectivity index (χ3n) is 6.02. The van der Waals surface area contributed by atoms with Crippen LogP contribution in [0.15, 0.2) is 36.4 Å². The number of benzene rings is 1. The Bertz CT molecular complexity index is 1280. The number of likely N-dealkylation sites (tertiary alicyclic amines) is 1. The van der Waals surface area contributed by atoms with Crippen LogP contribution in [-0.4, -0.2) is 50.1 Å². The van der Waals surface area contributed by atoms with Gasteiger partial charge in [0.1, 0.15) is 11.5 Å². The molecule has 1 aromatic carbocycles. The van der Waals surface area contributed by atoms with Crippen LogP contribution in [0.4, 0.5) is 0 Å². The summed E-state index contributed by atoms with van der Waals surface area (Å²) >= 11 is 6.48. The van der Waals surface area contributed by atoms with Crippen LogP contribution in [0.3, 0.4) is 0 Å². The monoisotopic (exact) mass is 436 g/mol. The summed E-state index contributed by atoms with van der Waals surface area (Å²) in [6.07, 6.45) is 2.52. The predicted octanol–water partition coefficient (Wildman–Crippen LogP) is 3.65. The number of carbonyl (C=O) groups is 1. The van der Waals surface area contributed by atoms with E-state index in [0.717, 1.165) is 52.7 Å². The van der Waals surface area contributed by atoms with Crippen LogP contribution < -0.4 is 5.32 Å². The fourth-order valence-electron chi connectivity index (χ4n) is 4.61. The lowest BCUT2D eigenvalue weighted by molar-refractivity contribution is 0.0955. The average Bonchev–Trinajstić information content (AvgIpc) is 3.47. The van der Waals surface area contributed by atoms with E-state index in [0.29, 0.717) is 12.2 Å². The third-order valence-corrected chi connectivity index (χ3v) is 6.24. The van der Waals surface area contributed by atoms with Crippen molar-refractivity contribution in [2.75, 3.05) is 20.1 Å². The van der Waals surface area contributed by atoms with Gasteiger partial charge < -0.3 is 9.88 Å². The zero-order valence-corrected chi connectivity index (χ0v) is 18.5. The van der Waals surface area contributed by atoms with Crippen LogP contribution in [0, 0.1) is 6.92 Å². The molecule has 0 spiro atoms. The molecule has 0 saturated carbocycles. The molecule has 0 unspecified atom stereocenters. The number of nitrogens with one attached hydrogen (secondary N) is 1. The maximum atomic E-state index is 12.7. The Morgan fingerprint density at radius 3 is 2.52 bits per heavy atom. The summed E-state index contributed by atoms with van der Waals surface area (Å²) in [6.45, 7) is 5.64. The molecule has 160 valence electrons. The Balaban J connectivity index is 1.59. The summed E-state index contributed by atoms with van der Waals surface area (Å²) in [5.74, 6) is 0.659. The lowest BCUT2D eigenvalue weighted by atomic mass is 10.1. The summed E-state index contributed by atoms with van der Waals surface area (Å²) in [5.41, 5.74) is 5.51. The number of amides is 1. The zero-order chi connectivity index (χ0) is 21.5. The van der Waals surface area contributed by atoms with Gasteiger partial charge in [-0.3, -0.25) is 14.1 Å². The fraction of sp³-hybridized carbons (Fsp3) is 0.348. The first kappa shape index (κ1) is 20.0. The molecule has 4 heterocycles. The van der Waals surface area contributed by atoms with E-state index in [2.05, 4.69) is 26.5 Å². The van der Waals surface area contributed by atoms with Gasteiger partial charge in [0.05, 0.1) is 11.0 Å². The summed E-state index contributed by atoms with van der Waals surface area (Å²) < 4.78 is 4.02. The number of aromatic nitrogens is 4. The van der Waals surface area contributed by atoms with Gasteiger partial charge in [0, 0.05) is 25.2 Å². The highest BCUT2D eigenvalue weighted by Gasteiger charge is 2.19. The first-order valence-corrected chi connectivity index (χ1v) is 11.0. The molecule has 0 bridgehead atoms. The van der Waals surface area contributed by atoms with Crippen molar-refractivity contribution in [3.8, 4) is 0 Å². The van der Waals surface area contributed by atoms with Gasteiger partial charge in [-0.1, -0.05) is 17.7 Å². The molecule has 8 heteroatoms. The molecule has 1 aliphatic rings. The van der Waals surface area contributed by atoms with E-state index in [-0.39, 0.29) is 5.91 Å². The minimum atomic E-state index is -0.130. The number of nitrogens with zero attached hydrogens (tertiary/aromatic N) is 5. The standard InChI is InChI=1S/C23H25ClN6O/c1-15-26-27-22-6-5-19-20(30(15)22)12-21(23(31)25-2)29(19)14-17-9-16(10-18(24)11-17)13-28-7-3-4-8-28/h5-6,9-12H,3-4,7-8,13-14H2,1-2H3,(H,25,31). The molecule has 5 rings (SSSR count). The SMILES string of the molecule is CNC(=O)c1cc2c(ccc3nnc(C)n32)n1Cc1cc(Cl)cc(CN2CCCC2)c1. The lowest BCUT2D eigenvalue weighted by Gasteiger charge is -2.16. The third kappa shape index (κ3) is 3.68. The highest BCUT2D eigenvalue weighted by molar-refractivity contribution is 6.30. The van der Waals surface area contributed by atoms with Crippen LogP contribution in [0.25, 0.3) is 16.7 Å². The Labute approximate surface area is 185 Å². The van der Waals surface area contributed by atoms with Crippen molar-refractivity contribution in [2.24, 2.45) is 0 Å². The van der Waals surface area contributed by atoms with E-state index in [1.807, 2.05) is 46.2 Å². The smallest absolute Gasteiger partial charge is 0.267 e. The van der Waals surface area contributed by atoms with Gasteiger partial charge in [-0.25, -0.2) is 0 Å². The highest BCUT2D eigenvalue weighted by Crippen LogP contribution is 2.26. The van der Waals surface area contributed by atoms with Crippen molar-refractivity contribution >= 4 is 34.2 Å². The van der Waals surface area contributed by atoms with E-state index in [9.17, 15) is 4.79 Å². The van der Waals surface area contributed by atoms with E-state index < -0.39 is 0 Å². The second-order valence-corrected chi connectivity index (χ2v) is 8.63. The van der Waals surface area contributed by atoms with Gasteiger partial charge in [-0.05, 0) is 74.3 Å². The van der Waals surface area contributed by atoms with Crippen molar-refractivity contribution < 1.29 is 4.79 Å². The Hall–Kier alpha value is -2.90. The second-order valence-electron chi connectivity index (χ2n) is 8.19. The van der Waals surface area contributed by atoms with Gasteiger partial charge in [-0.15, -0.1) is 10.2 Å². The van der Waals surface area contributed by atoms with Gasteiger partial charge >= 0.3 is 0 Å². The van der Waals surface area contributed by atoms with E-state index in [4.69, 9.17) is 11.6 Å². The summed E-state index contributed by atoms with van der Waals surface area (Å²) in [4.78, 5) is 15.2. The second kappa shape index (κ2) is 7.98. The molecular formula is C23H25ClN6O. The van der Waals surface area contributed by atoms with Crippen molar-refractivity contribution in [1.82, 2.24) is 29.4 Å². The first-order valence-electron chi connectivity index (χ1n) is 10.6. The first-order chi connectivity index (χ1) is 15.0. The number of hydrogen-bond acceptors (Lipinski definition) is 4. The molecule has 4 aromatic rings. The minimum absolute atomic E-state index is 0.130.